The lowest BCUT2D eigenvalue weighted by Crippen LogP contribution is -2.57. The zero-order valence-corrected chi connectivity index (χ0v) is 9.67. The molecule has 0 bridgehead atoms. The van der Waals surface area contributed by atoms with Gasteiger partial charge in [0.2, 0.25) is 0 Å². The molecule has 0 unspecified atom stereocenters. The predicted octanol–water partition coefficient (Wildman–Crippen LogP) is 0.200. The van der Waals surface area contributed by atoms with Gasteiger partial charge in [-0.3, -0.25) is 0 Å². The van der Waals surface area contributed by atoms with Crippen LogP contribution in [0.1, 0.15) is 27.2 Å². The molecule has 0 aromatic rings. The van der Waals surface area contributed by atoms with Crippen LogP contribution >= 0.6 is 0 Å². The van der Waals surface area contributed by atoms with E-state index in [9.17, 15) is 4.79 Å². The number of nitrogens with one attached hydrogen (secondary N) is 2. The minimum Gasteiger partial charge on any atom is -0.444 e. The quantitative estimate of drug-likeness (QED) is 0.584. The van der Waals surface area contributed by atoms with E-state index in [1.54, 1.807) is 0 Å². The Morgan fingerprint density at radius 1 is 1.53 bits per heavy atom. The molecule has 0 aromatic heterocycles. The fraction of sp³-hybridized carbons (Fsp3) is 0.900. The first-order valence-corrected chi connectivity index (χ1v) is 5.34. The molecule has 5 nitrogen and oxygen atoms in total. The van der Waals surface area contributed by atoms with Crippen molar-refractivity contribution in [1.82, 2.24) is 10.6 Å². The van der Waals surface area contributed by atoms with E-state index in [2.05, 4.69) is 10.6 Å². The van der Waals surface area contributed by atoms with Gasteiger partial charge in [0.05, 0.1) is 0 Å². The molecule has 0 spiro atoms. The number of hydrogen-bond donors (Lipinski definition) is 3. The minimum absolute atomic E-state index is 0.0149. The monoisotopic (exact) mass is 215 g/mol. The Balaban J connectivity index is 2.36. The van der Waals surface area contributed by atoms with Gasteiger partial charge in [0.15, 0.2) is 0 Å². The molecule has 0 radical (unpaired) electrons. The smallest absolute Gasteiger partial charge is 0.407 e. The van der Waals surface area contributed by atoms with E-state index < -0.39 is 5.60 Å². The van der Waals surface area contributed by atoms with Crippen molar-refractivity contribution >= 4 is 6.09 Å². The van der Waals surface area contributed by atoms with Crippen molar-refractivity contribution in [2.24, 2.45) is 5.73 Å². The molecule has 4 N–H and O–H groups in total. The maximum absolute atomic E-state index is 11.5. The highest BCUT2D eigenvalue weighted by atomic mass is 16.6. The topological polar surface area (TPSA) is 76.4 Å². The highest BCUT2D eigenvalue weighted by Gasteiger charge is 2.25. The third-order valence-electron chi connectivity index (χ3n) is 2.23. The van der Waals surface area contributed by atoms with Crippen LogP contribution in [0.2, 0.25) is 0 Å². The number of alkyl carbamates (subject to hydrolysis) is 1. The van der Waals surface area contributed by atoms with Crippen LogP contribution in [0.3, 0.4) is 0 Å². The number of hydrogen-bond acceptors (Lipinski definition) is 4. The largest absolute Gasteiger partial charge is 0.444 e. The molecule has 1 amide bonds. The number of carbonyl (C=O) groups excluding carboxylic acids is 1. The van der Waals surface area contributed by atoms with Gasteiger partial charge in [0.25, 0.3) is 0 Å². The van der Waals surface area contributed by atoms with Crippen molar-refractivity contribution in [3.05, 3.63) is 0 Å². The van der Waals surface area contributed by atoms with Crippen molar-refractivity contribution in [1.29, 1.82) is 0 Å². The highest BCUT2D eigenvalue weighted by molar-refractivity contribution is 5.68. The summed E-state index contributed by atoms with van der Waals surface area (Å²) in [5.41, 5.74) is 5.40. The van der Waals surface area contributed by atoms with E-state index in [4.69, 9.17) is 10.5 Å². The van der Waals surface area contributed by atoms with Crippen LogP contribution in [0.4, 0.5) is 4.79 Å². The Labute approximate surface area is 90.7 Å². The van der Waals surface area contributed by atoms with E-state index in [-0.39, 0.29) is 18.2 Å². The molecular formula is C10H21N3O2. The summed E-state index contributed by atoms with van der Waals surface area (Å²) in [6.07, 6.45) is 0.463. The van der Waals surface area contributed by atoms with Gasteiger partial charge in [-0.05, 0) is 33.7 Å². The van der Waals surface area contributed by atoms with Gasteiger partial charge in [0.1, 0.15) is 5.60 Å². The molecule has 1 saturated heterocycles. The van der Waals surface area contributed by atoms with E-state index >= 15 is 0 Å². The lowest BCUT2D eigenvalue weighted by Gasteiger charge is -2.30. The van der Waals surface area contributed by atoms with E-state index in [0.29, 0.717) is 0 Å². The van der Waals surface area contributed by atoms with E-state index in [1.165, 1.54) is 0 Å². The number of piperidine rings is 1. The van der Waals surface area contributed by atoms with Gasteiger partial charge in [-0.15, -0.1) is 0 Å². The van der Waals surface area contributed by atoms with Gasteiger partial charge >= 0.3 is 6.09 Å². The molecule has 5 heteroatoms. The van der Waals surface area contributed by atoms with Crippen molar-refractivity contribution in [2.75, 3.05) is 13.1 Å². The van der Waals surface area contributed by atoms with Gasteiger partial charge in [-0.2, -0.15) is 0 Å². The van der Waals surface area contributed by atoms with Crippen molar-refractivity contribution in [3.63, 3.8) is 0 Å². The fourth-order valence-electron chi connectivity index (χ4n) is 1.52. The molecule has 1 heterocycles. The Hall–Kier alpha value is -0.810. The first kappa shape index (κ1) is 12.3. The summed E-state index contributed by atoms with van der Waals surface area (Å²) in [6, 6.07) is -0.0210. The molecule has 15 heavy (non-hydrogen) atoms. The first-order valence-electron chi connectivity index (χ1n) is 5.34. The Morgan fingerprint density at radius 3 is 2.73 bits per heavy atom. The Kier molecular flexibility index (Phi) is 3.93. The molecule has 0 aromatic carbocycles. The van der Waals surface area contributed by atoms with Crippen LogP contribution in [0.25, 0.3) is 0 Å². The molecule has 1 aliphatic rings. The van der Waals surface area contributed by atoms with E-state index in [1.807, 2.05) is 20.8 Å². The van der Waals surface area contributed by atoms with Crippen LogP contribution in [0.5, 0.6) is 0 Å². The molecule has 1 aliphatic heterocycles. The minimum atomic E-state index is -0.457. The standard InChI is InChI=1S/C10H21N3O2/c1-10(2,3)15-9(14)13-8-4-5-12-6-7(8)11/h7-8,12H,4-6,11H2,1-3H3,(H,13,14)/t7-,8-/m1/s1. The number of nitrogens with two attached hydrogens (primary N) is 1. The molecular weight excluding hydrogens is 194 g/mol. The SMILES string of the molecule is CC(C)(C)OC(=O)N[C@@H]1CCNC[C@H]1N. The van der Waals surface area contributed by atoms with Gasteiger partial charge < -0.3 is 21.1 Å². The van der Waals surface area contributed by atoms with Crippen molar-refractivity contribution in [2.45, 2.75) is 44.9 Å². The van der Waals surface area contributed by atoms with Crippen molar-refractivity contribution < 1.29 is 9.53 Å². The maximum Gasteiger partial charge on any atom is 0.407 e. The lowest BCUT2D eigenvalue weighted by molar-refractivity contribution is 0.0488. The predicted molar refractivity (Wildman–Crippen MR) is 58.6 cm³/mol. The van der Waals surface area contributed by atoms with Crippen LogP contribution in [0, 0.1) is 0 Å². The number of ether oxygens (including phenoxy) is 1. The second kappa shape index (κ2) is 4.81. The third-order valence-corrected chi connectivity index (χ3v) is 2.23. The summed E-state index contributed by atoms with van der Waals surface area (Å²) >= 11 is 0. The molecule has 2 atom stereocenters. The second-order valence-electron chi connectivity index (χ2n) is 4.91. The summed E-state index contributed by atoms with van der Waals surface area (Å²) in [5, 5.41) is 5.97. The van der Waals surface area contributed by atoms with Crippen LogP contribution in [-0.4, -0.2) is 36.9 Å². The second-order valence-corrected chi connectivity index (χ2v) is 4.91. The molecule has 88 valence electrons. The summed E-state index contributed by atoms with van der Waals surface area (Å²) in [5.74, 6) is 0. The molecule has 0 saturated carbocycles. The van der Waals surface area contributed by atoms with E-state index in [0.717, 1.165) is 19.5 Å². The van der Waals surface area contributed by atoms with Crippen LogP contribution in [0.15, 0.2) is 0 Å². The molecule has 1 rings (SSSR count). The van der Waals surface area contributed by atoms with Gasteiger partial charge in [-0.1, -0.05) is 0 Å². The van der Waals surface area contributed by atoms with Crippen LogP contribution in [-0.2, 0) is 4.74 Å². The summed E-state index contributed by atoms with van der Waals surface area (Å²) in [4.78, 5) is 11.5. The Bertz CT molecular complexity index is 225. The maximum atomic E-state index is 11.5. The van der Waals surface area contributed by atoms with Gasteiger partial charge in [-0.25, -0.2) is 4.79 Å². The number of amides is 1. The number of carbonyl (C=O) groups is 1. The normalized spacial score (nSPS) is 27.2. The van der Waals surface area contributed by atoms with Crippen LogP contribution < -0.4 is 16.4 Å². The summed E-state index contributed by atoms with van der Waals surface area (Å²) < 4.78 is 5.16. The zero-order chi connectivity index (χ0) is 11.5. The summed E-state index contributed by atoms with van der Waals surface area (Å²) in [7, 11) is 0. The first-order chi connectivity index (χ1) is 6.88. The average molecular weight is 215 g/mol. The van der Waals surface area contributed by atoms with Crippen molar-refractivity contribution in [3.8, 4) is 0 Å². The zero-order valence-electron chi connectivity index (χ0n) is 9.67. The molecule has 0 aliphatic carbocycles. The highest BCUT2D eigenvalue weighted by Crippen LogP contribution is 2.08. The van der Waals surface area contributed by atoms with Gasteiger partial charge in [0, 0.05) is 18.6 Å². The Morgan fingerprint density at radius 2 is 2.20 bits per heavy atom. The lowest BCUT2D eigenvalue weighted by atomic mass is 10.0. The fourth-order valence-corrected chi connectivity index (χ4v) is 1.52. The summed E-state index contributed by atoms with van der Waals surface area (Å²) in [6.45, 7) is 7.15. The number of rotatable bonds is 1. The molecule has 1 fully saturated rings. The average Bonchev–Trinajstić information content (AvgIpc) is 2.05. The third kappa shape index (κ3) is 4.48.